The molecule has 0 spiro atoms. The second-order valence-electron chi connectivity index (χ2n) is 3.78. The second kappa shape index (κ2) is 6.01. The van der Waals surface area contributed by atoms with Crippen LogP contribution >= 0.6 is 0 Å². The third-order valence-corrected chi connectivity index (χ3v) is 2.38. The van der Waals surface area contributed by atoms with Crippen LogP contribution in [-0.4, -0.2) is 23.9 Å². The number of benzene rings is 1. The van der Waals surface area contributed by atoms with E-state index in [0.717, 1.165) is 6.07 Å². The molecule has 0 heterocycles. The van der Waals surface area contributed by atoms with E-state index in [1.54, 1.807) is 0 Å². The molecule has 0 radical (unpaired) electrons. The van der Waals surface area contributed by atoms with Crippen LogP contribution in [-0.2, 0) is 0 Å². The number of hydrogen-bond acceptors (Lipinski definition) is 2. The zero-order valence-electron chi connectivity index (χ0n) is 10.0. The first-order valence-corrected chi connectivity index (χ1v) is 5.48. The molecule has 1 amide bonds. The minimum Gasteiger partial charge on any atom is -0.396 e. The first-order valence-electron chi connectivity index (χ1n) is 5.48. The van der Waals surface area contributed by atoms with E-state index in [0.29, 0.717) is 19.0 Å². The monoisotopic (exact) mass is 252 g/mol. The van der Waals surface area contributed by atoms with Gasteiger partial charge in [-0.3, -0.25) is 4.79 Å². The molecule has 1 rings (SSSR count). The van der Waals surface area contributed by atoms with Crippen molar-refractivity contribution in [1.82, 2.24) is 4.90 Å². The Bertz CT molecular complexity index is 494. The fraction of sp³-hybridized carbons (Fsp3) is 0.308. The van der Waals surface area contributed by atoms with Gasteiger partial charge in [0.05, 0.1) is 17.8 Å². The van der Waals surface area contributed by atoms with Gasteiger partial charge in [-0.05, 0) is 12.5 Å². The summed E-state index contributed by atoms with van der Waals surface area (Å²) in [7, 11) is 0. The number of carbonyl (C=O) groups excluding carboxylic acids is 1. The fourth-order valence-corrected chi connectivity index (χ4v) is 1.53. The van der Waals surface area contributed by atoms with Crippen LogP contribution in [0.25, 0.3) is 0 Å². The summed E-state index contributed by atoms with van der Waals surface area (Å²) >= 11 is 0. The summed E-state index contributed by atoms with van der Waals surface area (Å²) in [5.41, 5.74) is 4.79. The van der Waals surface area contributed by atoms with Gasteiger partial charge in [0.1, 0.15) is 11.6 Å². The highest BCUT2D eigenvalue weighted by atomic mass is 19.1. The van der Waals surface area contributed by atoms with Gasteiger partial charge >= 0.3 is 0 Å². The first-order chi connectivity index (χ1) is 8.51. The molecule has 0 unspecified atom stereocenters. The molecule has 0 fully saturated rings. The number of hydrogen-bond donors (Lipinski definition) is 1. The smallest absolute Gasteiger partial charge is 0.257 e. The van der Waals surface area contributed by atoms with Crippen LogP contribution in [0.3, 0.4) is 0 Å². The van der Waals surface area contributed by atoms with Gasteiger partial charge in [0.2, 0.25) is 0 Å². The molecule has 0 bridgehead atoms. The summed E-state index contributed by atoms with van der Waals surface area (Å²) in [6, 6.07) is 1.59. The standard InChI is InChI=1S/C13H14F2N2O/c1-3-5-17(6-4-2)13(18)9-7-12(16)11(15)8-10(9)14/h1,7-8H,4-6,16H2,2H3. The molecule has 0 saturated heterocycles. The lowest BCUT2D eigenvalue weighted by Crippen LogP contribution is -2.32. The van der Waals surface area contributed by atoms with Crippen LogP contribution in [0, 0.1) is 24.0 Å². The maximum atomic E-state index is 13.5. The zero-order valence-corrected chi connectivity index (χ0v) is 10.0. The summed E-state index contributed by atoms with van der Waals surface area (Å²) in [5.74, 6) is -0.0843. The highest BCUT2D eigenvalue weighted by Crippen LogP contribution is 2.18. The molecule has 0 aromatic heterocycles. The summed E-state index contributed by atoms with van der Waals surface area (Å²) in [6.07, 6.45) is 5.83. The Morgan fingerprint density at radius 3 is 2.67 bits per heavy atom. The summed E-state index contributed by atoms with van der Waals surface area (Å²) in [6.45, 7) is 2.34. The van der Waals surface area contributed by atoms with Crippen molar-refractivity contribution in [3.8, 4) is 12.3 Å². The number of nitrogens with zero attached hydrogens (tertiary/aromatic N) is 1. The number of nitrogens with two attached hydrogens (primary N) is 1. The Morgan fingerprint density at radius 1 is 1.44 bits per heavy atom. The van der Waals surface area contributed by atoms with E-state index in [2.05, 4.69) is 5.92 Å². The predicted molar refractivity (Wildman–Crippen MR) is 65.8 cm³/mol. The van der Waals surface area contributed by atoms with Crippen molar-refractivity contribution in [3.63, 3.8) is 0 Å². The molecular weight excluding hydrogens is 238 g/mol. The molecular formula is C13H14F2N2O. The zero-order chi connectivity index (χ0) is 13.7. The van der Waals surface area contributed by atoms with Crippen LogP contribution in [0.5, 0.6) is 0 Å². The summed E-state index contributed by atoms with van der Waals surface area (Å²) in [5, 5.41) is 0. The first kappa shape index (κ1) is 14.0. The number of anilines is 1. The van der Waals surface area contributed by atoms with Crippen molar-refractivity contribution >= 4 is 11.6 Å². The Hall–Kier alpha value is -2.09. The predicted octanol–water partition coefficient (Wildman–Crippen LogP) is 2.03. The van der Waals surface area contributed by atoms with Crippen molar-refractivity contribution in [2.45, 2.75) is 13.3 Å². The van der Waals surface area contributed by atoms with Gasteiger partial charge < -0.3 is 10.6 Å². The minimum absolute atomic E-state index is 0.0728. The Morgan fingerprint density at radius 2 is 2.11 bits per heavy atom. The van der Waals surface area contributed by atoms with Gasteiger partial charge in [-0.25, -0.2) is 8.78 Å². The molecule has 1 aromatic carbocycles. The number of halogens is 2. The Kier molecular flexibility index (Phi) is 4.67. The van der Waals surface area contributed by atoms with E-state index < -0.39 is 17.5 Å². The van der Waals surface area contributed by atoms with Crippen molar-refractivity contribution in [2.75, 3.05) is 18.8 Å². The average Bonchev–Trinajstić information content (AvgIpc) is 2.33. The van der Waals surface area contributed by atoms with Crippen LogP contribution in [0.2, 0.25) is 0 Å². The van der Waals surface area contributed by atoms with Gasteiger partial charge in [0.15, 0.2) is 0 Å². The molecule has 0 aliphatic carbocycles. The van der Waals surface area contributed by atoms with Crippen molar-refractivity contribution in [2.24, 2.45) is 0 Å². The molecule has 3 nitrogen and oxygen atoms in total. The molecule has 18 heavy (non-hydrogen) atoms. The lowest BCUT2D eigenvalue weighted by Gasteiger charge is -2.20. The van der Waals surface area contributed by atoms with Crippen molar-refractivity contribution in [1.29, 1.82) is 0 Å². The van der Waals surface area contributed by atoms with Crippen LogP contribution in [0.4, 0.5) is 14.5 Å². The number of terminal acetylenes is 1. The molecule has 0 aliphatic heterocycles. The number of nitrogen functional groups attached to an aromatic ring is 1. The maximum absolute atomic E-state index is 13.5. The molecule has 5 heteroatoms. The average molecular weight is 252 g/mol. The Labute approximate surface area is 105 Å². The lowest BCUT2D eigenvalue weighted by atomic mass is 10.1. The summed E-state index contributed by atoms with van der Waals surface area (Å²) in [4.78, 5) is 13.3. The third kappa shape index (κ3) is 2.98. The van der Waals surface area contributed by atoms with Gasteiger partial charge in [-0.15, -0.1) is 6.42 Å². The van der Waals surface area contributed by atoms with Gasteiger partial charge in [-0.1, -0.05) is 12.8 Å². The molecule has 96 valence electrons. The lowest BCUT2D eigenvalue weighted by molar-refractivity contribution is 0.0772. The maximum Gasteiger partial charge on any atom is 0.257 e. The van der Waals surface area contributed by atoms with Gasteiger partial charge in [-0.2, -0.15) is 0 Å². The van der Waals surface area contributed by atoms with E-state index in [9.17, 15) is 13.6 Å². The summed E-state index contributed by atoms with van der Waals surface area (Å²) < 4.78 is 26.5. The highest BCUT2D eigenvalue weighted by molar-refractivity contribution is 5.95. The highest BCUT2D eigenvalue weighted by Gasteiger charge is 2.19. The number of carbonyl (C=O) groups is 1. The van der Waals surface area contributed by atoms with E-state index in [1.165, 1.54) is 4.90 Å². The van der Waals surface area contributed by atoms with Gasteiger partial charge in [0, 0.05) is 12.6 Å². The van der Waals surface area contributed by atoms with Gasteiger partial charge in [0.25, 0.3) is 5.91 Å². The third-order valence-electron chi connectivity index (χ3n) is 2.38. The quantitative estimate of drug-likeness (QED) is 0.658. The van der Waals surface area contributed by atoms with E-state index >= 15 is 0 Å². The van der Waals surface area contributed by atoms with Crippen LogP contribution < -0.4 is 5.73 Å². The second-order valence-corrected chi connectivity index (χ2v) is 3.78. The van der Waals surface area contributed by atoms with Crippen LogP contribution in [0.1, 0.15) is 23.7 Å². The Balaban J connectivity index is 3.09. The van der Waals surface area contributed by atoms with Crippen molar-refractivity contribution in [3.05, 3.63) is 29.3 Å². The molecule has 0 atom stereocenters. The SMILES string of the molecule is C#CCN(CCC)C(=O)c1cc(N)c(F)cc1F. The van der Waals surface area contributed by atoms with Crippen LogP contribution in [0.15, 0.2) is 12.1 Å². The number of amides is 1. The minimum atomic E-state index is -0.940. The molecule has 2 N–H and O–H groups in total. The van der Waals surface area contributed by atoms with E-state index in [1.807, 2.05) is 6.92 Å². The van der Waals surface area contributed by atoms with E-state index in [4.69, 9.17) is 12.2 Å². The number of rotatable bonds is 4. The molecule has 0 saturated carbocycles. The van der Waals surface area contributed by atoms with Crippen molar-refractivity contribution < 1.29 is 13.6 Å². The van der Waals surface area contributed by atoms with E-state index in [-0.39, 0.29) is 17.8 Å². The normalized spacial score (nSPS) is 9.89. The topological polar surface area (TPSA) is 46.3 Å². The largest absolute Gasteiger partial charge is 0.396 e. The molecule has 0 aliphatic rings. The molecule has 1 aromatic rings. The fourth-order valence-electron chi connectivity index (χ4n) is 1.53.